The summed E-state index contributed by atoms with van der Waals surface area (Å²) in [7, 11) is 1.90. The quantitative estimate of drug-likeness (QED) is 0.501. The van der Waals surface area contributed by atoms with Gasteiger partial charge in [-0.3, -0.25) is 4.79 Å². The lowest BCUT2D eigenvalue weighted by atomic mass is 10.1. The lowest BCUT2D eigenvalue weighted by Crippen LogP contribution is -2.10. The first-order valence-electron chi connectivity index (χ1n) is 6.45. The van der Waals surface area contributed by atoms with Crippen LogP contribution >= 0.6 is 22.6 Å². The third-order valence-electron chi connectivity index (χ3n) is 3.43. The molecule has 0 N–H and O–H groups in total. The minimum atomic E-state index is -0.335. The lowest BCUT2D eigenvalue weighted by molar-refractivity contribution is 0.0989. The molecule has 0 bridgehead atoms. The molecule has 0 aliphatic rings. The number of aryl methyl sites for hydroxylation is 1. The predicted octanol–water partition coefficient (Wildman–Crippen LogP) is 3.74. The molecule has 21 heavy (non-hydrogen) atoms. The van der Waals surface area contributed by atoms with E-state index in [1.165, 1.54) is 18.2 Å². The molecule has 3 rings (SSSR count). The molecule has 106 valence electrons. The molecule has 3 nitrogen and oxygen atoms in total. The Labute approximate surface area is 134 Å². The number of para-hydroxylation sites is 2. The summed E-state index contributed by atoms with van der Waals surface area (Å²) in [4.78, 5) is 16.9. The summed E-state index contributed by atoms with van der Waals surface area (Å²) >= 11 is 1.98. The number of fused-ring (bicyclic) bond motifs is 1. The fourth-order valence-electron chi connectivity index (χ4n) is 2.31. The Morgan fingerprint density at radius 2 is 2.05 bits per heavy atom. The van der Waals surface area contributed by atoms with E-state index >= 15 is 0 Å². The van der Waals surface area contributed by atoms with Gasteiger partial charge in [-0.05, 0) is 52.9 Å². The number of imidazole rings is 1. The minimum Gasteiger partial charge on any atom is -0.331 e. The van der Waals surface area contributed by atoms with Gasteiger partial charge in [0.25, 0.3) is 0 Å². The zero-order valence-electron chi connectivity index (χ0n) is 11.3. The molecule has 3 aromatic rings. The highest BCUT2D eigenvalue weighted by atomic mass is 127. The monoisotopic (exact) mass is 394 g/mol. The highest BCUT2D eigenvalue weighted by molar-refractivity contribution is 14.1. The first-order valence-corrected chi connectivity index (χ1v) is 7.52. The second-order valence-corrected chi connectivity index (χ2v) is 5.96. The third-order valence-corrected chi connectivity index (χ3v) is 4.32. The van der Waals surface area contributed by atoms with Crippen molar-refractivity contribution in [2.24, 2.45) is 7.05 Å². The van der Waals surface area contributed by atoms with Crippen LogP contribution in [0.3, 0.4) is 0 Å². The van der Waals surface area contributed by atoms with Crippen molar-refractivity contribution in [3.05, 3.63) is 63.2 Å². The average molecular weight is 394 g/mol. The van der Waals surface area contributed by atoms with Crippen LogP contribution in [0.4, 0.5) is 4.39 Å². The summed E-state index contributed by atoms with van der Waals surface area (Å²) in [5, 5.41) is 0. The topological polar surface area (TPSA) is 34.9 Å². The Bertz CT molecular complexity index is 841. The number of Topliss-reactive ketones (excluding diaryl/α,β-unsaturated/α-hetero) is 1. The number of ketones is 1. The fraction of sp³-hybridized carbons (Fsp3) is 0.125. The smallest absolute Gasteiger partial charge is 0.171 e. The molecule has 0 aliphatic carbocycles. The molecule has 1 aromatic heterocycles. The van der Waals surface area contributed by atoms with Gasteiger partial charge in [0.2, 0.25) is 0 Å². The molecule has 0 saturated carbocycles. The molecule has 0 fully saturated rings. The maximum Gasteiger partial charge on any atom is 0.171 e. The van der Waals surface area contributed by atoms with Crippen LogP contribution < -0.4 is 0 Å². The molecule has 0 atom stereocenters. The molecule has 0 aliphatic heterocycles. The van der Waals surface area contributed by atoms with Gasteiger partial charge in [-0.2, -0.15) is 0 Å². The van der Waals surface area contributed by atoms with E-state index in [1.54, 1.807) is 0 Å². The maximum absolute atomic E-state index is 13.1. The maximum atomic E-state index is 13.1. The number of aromatic nitrogens is 2. The number of nitrogens with zero attached hydrogens (tertiary/aromatic N) is 2. The van der Waals surface area contributed by atoms with Crippen LogP contribution in [0.25, 0.3) is 11.0 Å². The Morgan fingerprint density at radius 1 is 1.29 bits per heavy atom. The van der Waals surface area contributed by atoms with Crippen molar-refractivity contribution in [1.29, 1.82) is 0 Å². The second kappa shape index (κ2) is 5.55. The third kappa shape index (κ3) is 2.70. The predicted molar refractivity (Wildman–Crippen MR) is 87.9 cm³/mol. The number of benzene rings is 2. The van der Waals surface area contributed by atoms with Crippen LogP contribution in [0.1, 0.15) is 16.2 Å². The minimum absolute atomic E-state index is 0.0576. The summed E-state index contributed by atoms with van der Waals surface area (Å²) in [6.07, 6.45) is 0.201. The molecule has 1 heterocycles. The van der Waals surface area contributed by atoms with E-state index in [-0.39, 0.29) is 18.0 Å². The zero-order chi connectivity index (χ0) is 15.0. The van der Waals surface area contributed by atoms with Gasteiger partial charge in [0.05, 0.1) is 17.5 Å². The molecule has 2 aromatic carbocycles. The van der Waals surface area contributed by atoms with Crippen LogP contribution in [0.5, 0.6) is 0 Å². The molecule has 0 amide bonds. The van der Waals surface area contributed by atoms with Gasteiger partial charge in [-0.1, -0.05) is 12.1 Å². The van der Waals surface area contributed by atoms with Crippen molar-refractivity contribution >= 4 is 39.4 Å². The van der Waals surface area contributed by atoms with Crippen LogP contribution in [-0.4, -0.2) is 15.3 Å². The molecule has 0 saturated heterocycles. The highest BCUT2D eigenvalue weighted by Crippen LogP contribution is 2.19. The normalized spacial score (nSPS) is 11.0. The molecular weight excluding hydrogens is 382 g/mol. The van der Waals surface area contributed by atoms with Crippen molar-refractivity contribution in [2.75, 3.05) is 0 Å². The van der Waals surface area contributed by atoms with Gasteiger partial charge in [0.15, 0.2) is 5.78 Å². The Kier molecular flexibility index (Phi) is 3.75. The van der Waals surface area contributed by atoms with Crippen molar-refractivity contribution in [3.63, 3.8) is 0 Å². The van der Waals surface area contributed by atoms with Crippen LogP contribution in [-0.2, 0) is 13.5 Å². The fourth-order valence-corrected chi connectivity index (χ4v) is 3.09. The van der Waals surface area contributed by atoms with Gasteiger partial charge in [-0.25, -0.2) is 9.37 Å². The van der Waals surface area contributed by atoms with Gasteiger partial charge in [-0.15, -0.1) is 0 Å². The number of carbonyl (C=O) groups excluding carboxylic acids is 1. The first kappa shape index (κ1) is 14.2. The Morgan fingerprint density at radius 3 is 2.76 bits per heavy atom. The number of carbonyl (C=O) groups is 1. The summed E-state index contributed by atoms with van der Waals surface area (Å²) in [5.74, 6) is 0.317. The van der Waals surface area contributed by atoms with Gasteiger partial charge >= 0.3 is 0 Å². The van der Waals surface area contributed by atoms with Crippen molar-refractivity contribution < 1.29 is 9.18 Å². The van der Waals surface area contributed by atoms with Gasteiger partial charge < -0.3 is 4.57 Å². The lowest BCUT2D eigenvalue weighted by Gasteiger charge is -2.04. The van der Waals surface area contributed by atoms with Crippen molar-refractivity contribution in [1.82, 2.24) is 9.55 Å². The second-order valence-electron chi connectivity index (χ2n) is 4.80. The number of rotatable bonds is 3. The van der Waals surface area contributed by atoms with Gasteiger partial charge in [0.1, 0.15) is 11.6 Å². The van der Waals surface area contributed by atoms with E-state index in [2.05, 4.69) is 4.98 Å². The standard InChI is InChI=1S/C16H12FIN2O/c1-20-14-5-3-2-4-13(14)19-16(20)9-15(21)11-7-6-10(17)8-12(11)18/h2-8H,9H2,1H3. The van der Waals surface area contributed by atoms with Crippen molar-refractivity contribution in [3.8, 4) is 0 Å². The van der Waals surface area contributed by atoms with E-state index in [0.29, 0.717) is 15.0 Å². The van der Waals surface area contributed by atoms with E-state index in [9.17, 15) is 9.18 Å². The van der Waals surface area contributed by atoms with Crippen LogP contribution in [0.2, 0.25) is 0 Å². The van der Waals surface area contributed by atoms with E-state index < -0.39 is 0 Å². The number of hydrogen-bond acceptors (Lipinski definition) is 2. The SMILES string of the molecule is Cn1c(CC(=O)c2ccc(F)cc2I)nc2ccccc21. The largest absolute Gasteiger partial charge is 0.331 e. The van der Waals surface area contributed by atoms with Crippen LogP contribution in [0, 0.1) is 9.39 Å². The molecule has 0 spiro atoms. The zero-order valence-corrected chi connectivity index (χ0v) is 13.5. The number of hydrogen-bond donors (Lipinski definition) is 0. The summed E-state index contributed by atoms with van der Waals surface area (Å²) in [5.41, 5.74) is 2.40. The van der Waals surface area contributed by atoms with Gasteiger partial charge in [0, 0.05) is 16.2 Å². The van der Waals surface area contributed by atoms with Crippen molar-refractivity contribution in [2.45, 2.75) is 6.42 Å². The highest BCUT2D eigenvalue weighted by Gasteiger charge is 2.15. The summed E-state index contributed by atoms with van der Waals surface area (Å²) in [6.45, 7) is 0. The van der Waals surface area contributed by atoms with Crippen LogP contribution in [0.15, 0.2) is 42.5 Å². The van der Waals surface area contributed by atoms with E-state index in [1.807, 2.05) is 58.5 Å². The van der Waals surface area contributed by atoms with E-state index in [0.717, 1.165) is 11.0 Å². The van der Waals surface area contributed by atoms with E-state index in [4.69, 9.17) is 0 Å². The molecule has 0 unspecified atom stereocenters. The Balaban J connectivity index is 1.94. The molecule has 5 heteroatoms. The Hall–Kier alpha value is -1.76. The number of halogens is 2. The first-order chi connectivity index (χ1) is 10.1. The summed E-state index contributed by atoms with van der Waals surface area (Å²) < 4.78 is 15.7. The molecular formula is C16H12FIN2O. The summed E-state index contributed by atoms with van der Waals surface area (Å²) in [6, 6.07) is 12.0. The molecule has 0 radical (unpaired) electrons. The average Bonchev–Trinajstić information content (AvgIpc) is 2.76.